The van der Waals surface area contributed by atoms with Crippen molar-refractivity contribution in [2.24, 2.45) is 5.73 Å². The highest BCUT2D eigenvalue weighted by Crippen LogP contribution is 2.46. The number of para-hydroxylation sites is 1. The summed E-state index contributed by atoms with van der Waals surface area (Å²) in [5.74, 6) is 0.815. The maximum atomic E-state index is 11.0. The molecular weight excluding hydrogens is 264 g/mol. The Balaban J connectivity index is 2.12. The Morgan fingerprint density at radius 2 is 2.19 bits per heavy atom. The van der Waals surface area contributed by atoms with E-state index in [-0.39, 0.29) is 0 Å². The predicted octanol–water partition coefficient (Wildman–Crippen LogP) is 2.10. The first kappa shape index (κ1) is 14.0. The van der Waals surface area contributed by atoms with Gasteiger partial charge < -0.3 is 15.6 Å². The van der Waals surface area contributed by atoms with Crippen LogP contribution in [-0.4, -0.2) is 23.2 Å². The molecule has 2 atom stereocenters. The molecule has 1 aliphatic heterocycles. The molecule has 0 spiro atoms. The number of nitrogens with two attached hydrogens (primary N) is 1. The van der Waals surface area contributed by atoms with Gasteiger partial charge in [-0.25, -0.2) is 0 Å². The van der Waals surface area contributed by atoms with Crippen molar-refractivity contribution >= 4 is 0 Å². The Bertz CT molecular complexity index is 644. The van der Waals surface area contributed by atoms with Crippen molar-refractivity contribution in [1.29, 1.82) is 0 Å². The number of pyridine rings is 1. The molecule has 0 bridgehead atoms. The Morgan fingerprint density at radius 3 is 2.95 bits per heavy atom. The summed E-state index contributed by atoms with van der Waals surface area (Å²) in [6.07, 6.45) is 3.46. The highest BCUT2D eigenvalue weighted by Gasteiger charge is 2.43. The van der Waals surface area contributed by atoms with Crippen molar-refractivity contribution in [1.82, 2.24) is 4.98 Å². The van der Waals surface area contributed by atoms with Gasteiger partial charge in [0.2, 0.25) is 0 Å². The predicted molar refractivity (Wildman–Crippen MR) is 81.2 cm³/mol. The smallest absolute Gasteiger partial charge is 0.123 e. The zero-order valence-corrected chi connectivity index (χ0v) is 12.1. The van der Waals surface area contributed by atoms with Gasteiger partial charge in [-0.05, 0) is 31.0 Å². The first-order chi connectivity index (χ1) is 10.2. The van der Waals surface area contributed by atoms with E-state index >= 15 is 0 Å². The molecule has 1 aromatic carbocycles. The molecule has 1 aromatic heterocycles. The van der Waals surface area contributed by atoms with E-state index in [4.69, 9.17) is 10.5 Å². The van der Waals surface area contributed by atoms with Crippen molar-refractivity contribution in [3.8, 4) is 5.75 Å². The van der Waals surface area contributed by atoms with Gasteiger partial charge in [-0.1, -0.05) is 18.2 Å². The monoisotopic (exact) mass is 284 g/mol. The van der Waals surface area contributed by atoms with Crippen molar-refractivity contribution in [3.05, 3.63) is 59.4 Å². The van der Waals surface area contributed by atoms with Crippen molar-refractivity contribution in [2.75, 3.05) is 13.2 Å². The molecule has 0 aliphatic carbocycles. The fraction of sp³-hybridized carbons (Fsp3) is 0.353. The van der Waals surface area contributed by atoms with Crippen molar-refractivity contribution in [2.45, 2.75) is 24.9 Å². The topological polar surface area (TPSA) is 68.4 Å². The Morgan fingerprint density at radius 1 is 1.38 bits per heavy atom. The second-order valence-electron chi connectivity index (χ2n) is 5.59. The van der Waals surface area contributed by atoms with Gasteiger partial charge in [0, 0.05) is 35.5 Å². The van der Waals surface area contributed by atoms with Crippen LogP contribution in [-0.2, 0) is 5.41 Å². The third kappa shape index (κ3) is 2.20. The fourth-order valence-electron chi connectivity index (χ4n) is 3.15. The van der Waals surface area contributed by atoms with E-state index < -0.39 is 11.5 Å². The zero-order chi connectivity index (χ0) is 14.9. The number of fused-ring (bicyclic) bond motifs is 1. The van der Waals surface area contributed by atoms with Crippen LogP contribution in [0.5, 0.6) is 5.75 Å². The summed E-state index contributed by atoms with van der Waals surface area (Å²) in [5, 5.41) is 11.0. The normalized spacial score (nSPS) is 22.2. The number of nitrogens with zero attached hydrogens (tertiary/aromatic N) is 1. The SMILES string of the molecule is Cc1ccncc1C(O)C1(CN)CCOc2ccccc21. The van der Waals surface area contributed by atoms with Crippen LogP contribution < -0.4 is 10.5 Å². The molecule has 0 fully saturated rings. The maximum Gasteiger partial charge on any atom is 0.123 e. The van der Waals surface area contributed by atoms with Crippen LogP contribution in [0.4, 0.5) is 0 Å². The molecule has 21 heavy (non-hydrogen) atoms. The van der Waals surface area contributed by atoms with Crippen LogP contribution >= 0.6 is 0 Å². The van der Waals surface area contributed by atoms with Gasteiger partial charge >= 0.3 is 0 Å². The number of aryl methyl sites for hydroxylation is 1. The molecule has 0 radical (unpaired) electrons. The van der Waals surface area contributed by atoms with Gasteiger partial charge in [0.15, 0.2) is 0 Å². The first-order valence-corrected chi connectivity index (χ1v) is 7.20. The quantitative estimate of drug-likeness (QED) is 0.905. The van der Waals surface area contributed by atoms with Gasteiger partial charge in [0.05, 0.1) is 12.7 Å². The average molecular weight is 284 g/mol. The highest BCUT2D eigenvalue weighted by atomic mass is 16.5. The van der Waals surface area contributed by atoms with E-state index in [9.17, 15) is 5.11 Å². The second-order valence-corrected chi connectivity index (χ2v) is 5.59. The number of hydrogen-bond donors (Lipinski definition) is 2. The molecule has 110 valence electrons. The van der Waals surface area contributed by atoms with E-state index in [1.165, 1.54) is 0 Å². The molecule has 0 amide bonds. The van der Waals surface area contributed by atoms with Crippen molar-refractivity contribution in [3.63, 3.8) is 0 Å². The largest absolute Gasteiger partial charge is 0.493 e. The zero-order valence-electron chi connectivity index (χ0n) is 12.1. The molecular formula is C17H20N2O2. The van der Waals surface area contributed by atoms with E-state index in [1.807, 2.05) is 37.3 Å². The van der Waals surface area contributed by atoms with Gasteiger partial charge in [-0.15, -0.1) is 0 Å². The van der Waals surface area contributed by atoms with E-state index in [0.29, 0.717) is 19.6 Å². The summed E-state index contributed by atoms with van der Waals surface area (Å²) in [6, 6.07) is 9.74. The van der Waals surface area contributed by atoms with E-state index in [2.05, 4.69) is 4.98 Å². The third-order valence-electron chi connectivity index (χ3n) is 4.49. The maximum absolute atomic E-state index is 11.0. The number of benzene rings is 1. The van der Waals surface area contributed by atoms with Crippen LogP contribution in [0.15, 0.2) is 42.7 Å². The van der Waals surface area contributed by atoms with Gasteiger partial charge in [0.25, 0.3) is 0 Å². The summed E-state index contributed by atoms with van der Waals surface area (Å²) in [6.45, 7) is 2.91. The van der Waals surface area contributed by atoms with E-state index in [1.54, 1.807) is 12.4 Å². The third-order valence-corrected chi connectivity index (χ3v) is 4.49. The fourth-order valence-corrected chi connectivity index (χ4v) is 3.15. The van der Waals surface area contributed by atoms with Crippen LogP contribution in [0.2, 0.25) is 0 Å². The summed E-state index contributed by atoms with van der Waals surface area (Å²) in [4.78, 5) is 4.15. The van der Waals surface area contributed by atoms with Crippen LogP contribution in [0.25, 0.3) is 0 Å². The molecule has 3 rings (SSSR count). The van der Waals surface area contributed by atoms with Crippen molar-refractivity contribution < 1.29 is 9.84 Å². The van der Waals surface area contributed by atoms with Crippen LogP contribution in [0.3, 0.4) is 0 Å². The number of aliphatic hydroxyl groups excluding tert-OH is 1. The Labute approximate surface area is 124 Å². The minimum Gasteiger partial charge on any atom is -0.493 e. The lowest BCUT2D eigenvalue weighted by Crippen LogP contribution is -2.45. The van der Waals surface area contributed by atoms with Crippen LogP contribution in [0, 0.1) is 6.92 Å². The average Bonchev–Trinajstić information content (AvgIpc) is 2.54. The van der Waals surface area contributed by atoms with Gasteiger partial charge in [-0.3, -0.25) is 4.98 Å². The minimum absolute atomic E-state index is 0.364. The number of ether oxygens (including phenoxy) is 1. The second kappa shape index (κ2) is 5.47. The number of aliphatic hydroxyl groups is 1. The lowest BCUT2D eigenvalue weighted by Gasteiger charge is -2.42. The standard InChI is InChI=1S/C17H20N2O2/c1-12-6-8-19-10-13(12)16(20)17(11-18)7-9-21-15-5-3-2-4-14(15)17/h2-6,8,10,16,20H,7,9,11,18H2,1H3. The Hall–Kier alpha value is -1.91. The molecule has 2 aromatic rings. The lowest BCUT2D eigenvalue weighted by atomic mass is 9.69. The highest BCUT2D eigenvalue weighted by molar-refractivity contribution is 5.45. The lowest BCUT2D eigenvalue weighted by molar-refractivity contribution is 0.0528. The Kier molecular flexibility index (Phi) is 3.66. The summed E-state index contributed by atoms with van der Waals surface area (Å²) < 4.78 is 5.71. The molecule has 1 aliphatic rings. The molecule has 2 unspecified atom stereocenters. The first-order valence-electron chi connectivity index (χ1n) is 7.20. The van der Waals surface area contributed by atoms with E-state index in [0.717, 1.165) is 22.4 Å². The van der Waals surface area contributed by atoms with Gasteiger partial charge in [0.1, 0.15) is 5.75 Å². The minimum atomic E-state index is -0.693. The summed E-state index contributed by atoms with van der Waals surface area (Å²) >= 11 is 0. The molecule has 2 heterocycles. The molecule has 4 heteroatoms. The molecule has 0 saturated heterocycles. The molecule has 0 saturated carbocycles. The number of aromatic nitrogens is 1. The summed E-state index contributed by atoms with van der Waals surface area (Å²) in [7, 11) is 0. The molecule has 3 N–H and O–H groups in total. The number of rotatable bonds is 3. The number of hydrogen-bond acceptors (Lipinski definition) is 4. The summed E-state index contributed by atoms with van der Waals surface area (Å²) in [5.41, 5.74) is 8.42. The van der Waals surface area contributed by atoms with Gasteiger partial charge in [-0.2, -0.15) is 0 Å². The van der Waals surface area contributed by atoms with Crippen LogP contribution in [0.1, 0.15) is 29.2 Å². The molecule has 4 nitrogen and oxygen atoms in total.